The second-order valence-corrected chi connectivity index (χ2v) is 4.71. The molecule has 5 heteroatoms. The number of rotatable bonds is 3. The molecular weight excluding hydrogens is 224 g/mol. The highest BCUT2D eigenvalue weighted by molar-refractivity contribution is 6.28. The molecule has 2 rings (SSSR count). The fourth-order valence-electron chi connectivity index (χ4n) is 2.06. The molecule has 1 fully saturated rings. The molecule has 1 atom stereocenters. The molecule has 0 saturated carbocycles. The Balaban J connectivity index is 2.04. The Hall–Kier alpha value is -0.870. The highest BCUT2D eigenvalue weighted by Gasteiger charge is 2.17. The zero-order valence-electron chi connectivity index (χ0n) is 9.70. The van der Waals surface area contributed by atoms with Gasteiger partial charge >= 0.3 is 0 Å². The quantitative estimate of drug-likeness (QED) is 0.813. The molecule has 1 aromatic heterocycles. The summed E-state index contributed by atoms with van der Waals surface area (Å²) in [5.74, 6) is 1.61. The van der Waals surface area contributed by atoms with Gasteiger partial charge in [0, 0.05) is 25.4 Å². The maximum atomic E-state index is 5.85. The normalized spacial score (nSPS) is 20.1. The average molecular weight is 241 g/mol. The lowest BCUT2D eigenvalue weighted by atomic mass is 10.1. The Morgan fingerprint density at radius 2 is 2.38 bits per heavy atom. The maximum Gasteiger partial charge on any atom is 0.224 e. The van der Waals surface area contributed by atoms with E-state index in [0.717, 1.165) is 31.1 Å². The molecule has 0 spiro atoms. The molecule has 88 valence electrons. The molecule has 0 bridgehead atoms. The first-order valence-corrected chi connectivity index (χ1v) is 5.96. The largest absolute Gasteiger partial charge is 0.359 e. The van der Waals surface area contributed by atoms with Crippen molar-refractivity contribution in [2.45, 2.75) is 13.3 Å². The number of halogens is 1. The zero-order chi connectivity index (χ0) is 11.5. The maximum absolute atomic E-state index is 5.85. The molecule has 2 heterocycles. The van der Waals surface area contributed by atoms with Gasteiger partial charge in [-0.05, 0) is 44.0 Å². The Kier molecular flexibility index (Phi) is 3.61. The van der Waals surface area contributed by atoms with Gasteiger partial charge in [0.05, 0.1) is 0 Å². The summed E-state index contributed by atoms with van der Waals surface area (Å²) in [5, 5.41) is 3.69. The van der Waals surface area contributed by atoms with Gasteiger partial charge in [0.1, 0.15) is 5.82 Å². The SMILES string of the molecule is Cc1cc(N(C)CC2CCNC2)nc(Cl)n1. The second kappa shape index (κ2) is 4.97. The van der Waals surface area contributed by atoms with Crippen LogP contribution in [-0.2, 0) is 0 Å². The predicted octanol–water partition coefficient (Wildman–Crippen LogP) is 1.48. The fourth-order valence-corrected chi connectivity index (χ4v) is 2.28. The standard InChI is InChI=1S/C11H17ClN4/c1-8-5-10(15-11(12)14-8)16(2)7-9-3-4-13-6-9/h5,9,13H,3-4,6-7H2,1-2H3. The Morgan fingerprint density at radius 3 is 3.00 bits per heavy atom. The minimum atomic E-state index is 0.325. The van der Waals surface area contributed by atoms with E-state index in [0.29, 0.717) is 11.2 Å². The van der Waals surface area contributed by atoms with Crippen LogP contribution in [0.3, 0.4) is 0 Å². The van der Waals surface area contributed by atoms with Gasteiger partial charge < -0.3 is 10.2 Å². The van der Waals surface area contributed by atoms with Crippen molar-refractivity contribution in [1.82, 2.24) is 15.3 Å². The van der Waals surface area contributed by atoms with Crippen molar-refractivity contribution >= 4 is 17.4 Å². The summed E-state index contributed by atoms with van der Waals surface area (Å²) < 4.78 is 0. The smallest absolute Gasteiger partial charge is 0.224 e. The van der Waals surface area contributed by atoms with Crippen LogP contribution >= 0.6 is 11.6 Å². The number of nitrogens with zero attached hydrogens (tertiary/aromatic N) is 3. The van der Waals surface area contributed by atoms with Crippen molar-refractivity contribution in [3.8, 4) is 0 Å². The molecule has 0 aromatic carbocycles. The van der Waals surface area contributed by atoms with Gasteiger partial charge in [-0.2, -0.15) is 0 Å². The molecular formula is C11H17ClN4. The van der Waals surface area contributed by atoms with Gasteiger partial charge in [-0.25, -0.2) is 9.97 Å². The van der Waals surface area contributed by atoms with Crippen molar-refractivity contribution in [2.24, 2.45) is 5.92 Å². The minimum absolute atomic E-state index is 0.325. The van der Waals surface area contributed by atoms with Gasteiger partial charge in [0.25, 0.3) is 0 Å². The Bertz CT molecular complexity index is 343. The van der Waals surface area contributed by atoms with Gasteiger partial charge in [0.2, 0.25) is 5.28 Å². The van der Waals surface area contributed by atoms with Crippen LogP contribution in [0, 0.1) is 12.8 Å². The lowest BCUT2D eigenvalue weighted by Crippen LogP contribution is -2.27. The molecule has 1 saturated heterocycles. The van der Waals surface area contributed by atoms with Crippen molar-refractivity contribution < 1.29 is 0 Å². The van der Waals surface area contributed by atoms with E-state index in [1.807, 2.05) is 13.0 Å². The van der Waals surface area contributed by atoms with E-state index in [4.69, 9.17) is 11.6 Å². The predicted molar refractivity (Wildman–Crippen MR) is 66.0 cm³/mol. The van der Waals surface area contributed by atoms with E-state index in [2.05, 4.69) is 27.2 Å². The second-order valence-electron chi connectivity index (χ2n) is 4.38. The van der Waals surface area contributed by atoms with Crippen molar-refractivity contribution in [2.75, 3.05) is 31.6 Å². The van der Waals surface area contributed by atoms with Crippen molar-refractivity contribution in [1.29, 1.82) is 0 Å². The summed E-state index contributed by atoms with van der Waals surface area (Å²) in [4.78, 5) is 10.5. The third-order valence-electron chi connectivity index (χ3n) is 2.90. The first kappa shape index (κ1) is 11.6. The summed E-state index contributed by atoms with van der Waals surface area (Å²) >= 11 is 5.85. The van der Waals surface area contributed by atoms with Crippen molar-refractivity contribution in [3.05, 3.63) is 17.0 Å². The molecule has 1 aliphatic heterocycles. The van der Waals surface area contributed by atoms with Crippen LogP contribution in [0.25, 0.3) is 0 Å². The van der Waals surface area contributed by atoms with Gasteiger partial charge in [-0.1, -0.05) is 0 Å². The number of aromatic nitrogens is 2. The van der Waals surface area contributed by atoms with Crippen LogP contribution in [0.1, 0.15) is 12.1 Å². The molecule has 1 N–H and O–H groups in total. The van der Waals surface area contributed by atoms with Gasteiger partial charge in [-0.3, -0.25) is 0 Å². The van der Waals surface area contributed by atoms with Crippen LogP contribution in [0.4, 0.5) is 5.82 Å². The van der Waals surface area contributed by atoms with E-state index in [1.165, 1.54) is 6.42 Å². The molecule has 0 radical (unpaired) electrons. The monoisotopic (exact) mass is 240 g/mol. The minimum Gasteiger partial charge on any atom is -0.359 e. The van der Waals surface area contributed by atoms with Crippen LogP contribution in [0.2, 0.25) is 5.28 Å². The Labute approximate surface area is 101 Å². The average Bonchev–Trinajstić information content (AvgIpc) is 2.68. The first-order valence-electron chi connectivity index (χ1n) is 5.58. The van der Waals surface area contributed by atoms with E-state index < -0.39 is 0 Å². The lowest BCUT2D eigenvalue weighted by Gasteiger charge is -2.21. The molecule has 1 aliphatic rings. The molecule has 4 nitrogen and oxygen atoms in total. The van der Waals surface area contributed by atoms with E-state index in [1.54, 1.807) is 0 Å². The number of nitrogens with one attached hydrogen (secondary N) is 1. The Morgan fingerprint density at radius 1 is 1.56 bits per heavy atom. The molecule has 1 aromatic rings. The molecule has 1 unspecified atom stereocenters. The number of hydrogen-bond acceptors (Lipinski definition) is 4. The molecule has 16 heavy (non-hydrogen) atoms. The summed E-state index contributed by atoms with van der Waals surface area (Å²) in [5.41, 5.74) is 0.909. The van der Waals surface area contributed by atoms with Gasteiger partial charge in [0.15, 0.2) is 0 Å². The topological polar surface area (TPSA) is 41.0 Å². The third-order valence-corrected chi connectivity index (χ3v) is 3.07. The first-order chi connectivity index (χ1) is 7.65. The summed E-state index contributed by atoms with van der Waals surface area (Å²) in [7, 11) is 2.05. The summed E-state index contributed by atoms with van der Waals surface area (Å²) in [6, 6.07) is 1.97. The van der Waals surface area contributed by atoms with E-state index in [-0.39, 0.29) is 0 Å². The number of hydrogen-bond donors (Lipinski definition) is 1. The molecule has 0 aliphatic carbocycles. The van der Waals surface area contributed by atoms with E-state index in [9.17, 15) is 0 Å². The highest BCUT2D eigenvalue weighted by atomic mass is 35.5. The molecule has 0 amide bonds. The van der Waals surface area contributed by atoms with Crippen LogP contribution in [0.15, 0.2) is 6.07 Å². The number of aryl methyl sites for hydroxylation is 1. The van der Waals surface area contributed by atoms with Gasteiger partial charge in [-0.15, -0.1) is 0 Å². The van der Waals surface area contributed by atoms with Crippen molar-refractivity contribution in [3.63, 3.8) is 0 Å². The summed E-state index contributed by atoms with van der Waals surface area (Å²) in [6.45, 7) is 5.17. The van der Waals surface area contributed by atoms with Crippen LogP contribution in [0.5, 0.6) is 0 Å². The van der Waals surface area contributed by atoms with Crippen LogP contribution < -0.4 is 10.2 Å². The zero-order valence-corrected chi connectivity index (χ0v) is 10.5. The van der Waals surface area contributed by atoms with E-state index >= 15 is 0 Å². The number of anilines is 1. The van der Waals surface area contributed by atoms with Crippen LogP contribution in [-0.4, -0.2) is 36.6 Å². The highest BCUT2D eigenvalue weighted by Crippen LogP contribution is 2.17. The lowest BCUT2D eigenvalue weighted by molar-refractivity contribution is 0.575. The summed E-state index contributed by atoms with van der Waals surface area (Å²) in [6.07, 6.45) is 1.24. The fraction of sp³-hybridized carbons (Fsp3) is 0.636. The third kappa shape index (κ3) is 2.83.